The number of hydrogen-bond acceptors (Lipinski definition) is 7. The van der Waals surface area contributed by atoms with Crippen molar-refractivity contribution in [3.05, 3.63) is 33.8 Å². The minimum Gasteiger partial charge on any atom is -0.382 e. The van der Waals surface area contributed by atoms with Crippen LogP contribution in [0.4, 0.5) is 17.5 Å². The molecule has 3 heterocycles. The van der Waals surface area contributed by atoms with Gasteiger partial charge in [0.2, 0.25) is 5.95 Å². The molecule has 0 aliphatic carbocycles. The molecule has 1 saturated heterocycles. The van der Waals surface area contributed by atoms with Crippen LogP contribution in [0.15, 0.2) is 23.2 Å². The highest BCUT2D eigenvalue weighted by atomic mass is 35.5. The summed E-state index contributed by atoms with van der Waals surface area (Å²) >= 11 is 14.1. The fraction of sp³-hybridized carbons (Fsp3) is 0.444. The van der Waals surface area contributed by atoms with Gasteiger partial charge in [0.1, 0.15) is 10.7 Å². The van der Waals surface area contributed by atoms with Crippen molar-refractivity contribution in [3.63, 3.8) is 0 Å². The standard InChI is InChI=1S/C18H22Cl2N6S/c1-9(2)12-7-4-8-26(12)17-23-15(21)14-16(24-17)27-18(22,25-14)13-10(19)5-3-6-11(13)20/h3,5-6,9,12,25H,4,7-8,22H2,1-2H3,(H2,21,23,24). The van der Waals surface area contributed by atoms with Gasteiger partial charge in [-0.15, -0.1) is 0 Å². The zero-order valence-corrected chi connectivity index (χ0v) is 17.5. The molecule has 0 bridgehead atoms. The third-order valence-corrected chi connectivity index (χ3v) is 6.87. The Morgan fingerprint density at radius 1 is 1.30 bits per heavy atom. The van der Waals surface area contributed by atoms with Crippen LogP contribution in [0.3, 0.4) is 0 Å². The Morgan fingerprint density at radius 2 is 2.00 bits per heavy atom. The van der Waals surface area contributed by atoms with E-state index >= 15 is 0 Å². The van der Waals surface area contributed by atoms with E-state index in [2.05, 4.69) is 29.0 Å². The molecule has 144 valence electrons. The minimum absolute atomic E-state index is 0.382. The highest BCUT2D eigenvalue weighted by Gasteiger charge is 2.42. The molecular weight excluding hydrogens is 403 g/mol. The van der Waals surface area contributed by atoms with Crippen LogP contribution in [0, 0.1) is 5.92 Å². The first-order chi connectivity index (χ1) is 12.8. The van der Waals surface area contributed by atoms with Crippen LogP contribution in [0.1, 0.15) is 32.3 Å². The lowest BCUT2D eigenvalue weighted by Gasteiger charge is -2.28. The molecule has 0 amide bonds. The van der Waals surface area contributed by atoms with Gasteiger partial charge in [-0.3, -0.25) is 5.73 Å². The van der Waals surface area contributed by atoms with Gasteiger partial charge in [0, 0.05) is 28.2 Å². The number of nitrogen functional groups attached to an aromatic ring is 1. The third kappa shape index (κ3) is 3.20. The first kappa shape index (κ1) is 18.9. The number of rotatable bonds is 3. The first-order valence-corrected chi connectivity index (χ1v) is 10.5. The Hall–Kier alpha value is -1.41. The molecule has 0 saturated carbocycles. The molecule has 2 aliphatic rings. The Bertz CT molecular complexity index is 872. The molecule has 6 nitrogen and oxygen atoms in total. The molecule has 4 rings (SSSR count). The zero-order chi connectivity index (χ0) is 19.3. The summed E-state index contributed by atoms with van der Waals surface area (Å²) in [5.74, 6) is 1.56. The maximum absolute atomic E-state index is 6.63. The summed E-state index contributed by atoms with van der Waals surface area (Å²) in [5.41, 5.74) is 14.1. The number of thioether (sulfide) groups is 1. The average molecular weight is 425 g/mol. The van der Waals surface area contributed by atoms with Crippen molar-refractivity contribution in [1.29, 1.82) is 0 Å². The lowest BCUT2D eigenvalue weighted by molar-refractivity contribution is 0.486. The Balaban J connectivity index is 1.72. The summed E-state index contributed by atoms with van der Waals surface area (Å²) in [6.07, 6.45) is 2.27. The number of anilines is 3. The van der Waals surface area contributed by atoms with Crippen molar-refractivity contribution < 1.29 is 0 Å². The third-order valence-electron chi connectivity index (χ3n) is 5.12. The normalized spacial score (nSPS) is 24.4. The molecule has 2 unspecified atom stereocenters. The maximum Gasteiger partial charge on any atom is 0.228 e. The number of hydrogen-bond donors (Lipinski definition) is 3. The fourth-order valence-corrected chi connectivity index (χ4v) is 5.80. The van der Waals surface area contributed by atoms with Crippen molar-refractivity contribution in [2.45, 2.75) is 42.8 Å². The van der Waals surface area contributed by atoms with Gasteiger partial charge < -0.3 is 16.0 Å². The molecule has 0 radical (unpaired) electrons. The van der Waals surface area contributed by atoms with Gasteiger partial charge in [-0.25, -0.2) is 4.98 Å². The van der Waals surface area contributed by atoms with E-state index in [1.54, 1.807) is 18.2 Å². The minimum atomic E-state index is -1.05. The number of benzene rings is 1. The van der Waals surface area contributed by atoms with Crippen molar-refractivity contribution in [3.8, 4) is 0 Å². The number of fused-ring (bicyclic) bond motifs is 1. The number of nitrogens with two attached hydrogens (primary N) is 2. The average Bonchev–Trinajstić information content (AvgIpc) is 3.19. The predicted molar refractivity (Wildman–Crippen MR) is 113 cm³/mol. The number of aromatic nitrogens is 2. The summed E-state index contributed by atoms with van der Waals surface area (Å²) in [5, 5.41) is 4.93. The van der Waals surface area contributed by atoms with E-state index in [0.717, 1.165) is 19.4 Å². The summed E-state index contributed by atoms with van der Waals surface area (Å²) in [6.45, 7) is 5.38. The van der Waals surface area contributed by atoms with E-state index in [9.17, 15) is 0 Å². The van der Waals surface area contributed by atoms with Crippen LogP contribution in [-0.4, -0.2) is 22.6 Å². The molecule has 9 heteroatoms. The van der Waals surface area contributed by atoms with Gasteiger partial charge >= 0.3 is 0 Å². The molecule has 2 atom stereocenters. The zero-order valence-electron chi connectivity index (χ0n) is 15.2. The second-order valence-electron chi connectivity index (χ2n) is 7.30. The van der Waals surface area contributed by atoms with Crippen molar-refractivity contribution >= 4 is 52.4 Å². The Kier molecular flexibility index (Phi) is 4.83. The molecule has 2 aliphatic heterocycles. The summed E-state index contributed by atoms with van der Waals surface area (Å²) < 4.78 is 0. The van der Waals surface area contributed by atoms with E-state index in [-0.39, 0.29) is 0 Å². The van der Waals surface area contributed by atoms with Gasteiger partial charge in [0.25, 0.3) is 0 Å². The van der Waals surface area contributed by atoms with Crippen LogP contribution in [0.5, 0.6) is 0 Å². The fourth-order valence-electron chi connectivity index (χ4n) is 3.83. The predicted octanol–water partition coefficient (Wildman–Crippen LogP) is 4.28. The van der Waals surface area contributed by atoms with Gasteiger partial charge in [-0.2, -0.15) is 4.98 Å². The molecule has 27 heavy (non-hydrogen) atoms. The first-order valence-electron chi connectivity index (χ1n) is 8.95. The SMILES string of the molecule is CC(C)C1CCCN1c1nc(N)c2c(n1)SC(N)(c1c(Cl)cccc1Cl)N2. The maximum atomic E-state index is 6.63. The molecule has 5 N–H and O–H groups in total. The Morgan fingerprint density at radius 3 is 2.67 bits per heavy atom. The van der Waals surface area contributed by atoms with E-state index in [0.29, 0.717) is 50.0 Å². The molecular formula is C18H22Cl2N6S. The number of nitrogens with zero attached hydrogens (tertiary/aromatic N) is 3. The van der Waals surface area contributed by atoms with Gasteiger partial charge in [-0.1, -0.05) is 54.9 Å². The smallest absolute Gasteiger partial charge is 0.228 e. The Labute approximate surface area is 173 Å². The van der Waals surface area contributed by atoms with Crippen LogP contribution in [0.2, 0.25) is 10.0 Å². The van der Waals surface area contributed by atoms with Crippen LogP contribution in [-0.2, 0) is 4.99 Å². The molecule has 1 fully saturated rings. The van der Waals surface area contributed by atoms with Crippen molar-refractivity contribution in [2.75, 3.05) is 22.5 Å². The van der Waals surface area contributed by atoms with E-state index < -0.39 is 4.99 Å². The molecule has 2 aromatic rings. The lowest BCUT2D eigenvalue weighted by atomic mass is 10.0. The summed E-state index contributed by atoms with van der Waals surface area (Å²) in [7, 11) is 0. The highest BCUT2D eigenvalue weighted by Crippen LogP contribution is 2.52. The van der Waals surface area contributed by atoms with Crippen molar-refractivity contribution in [2.24, 2.45) is 11.7 Å². The van der Waals surface area contributed by atoms with Gasteiger partial charge in [-0.05, 0) is 30.9 Å². The van der Waals surface area contributed by atoms with Crippen LogP contribution < -0.4 is 21.7 Å². The summed E-state index contributed by atoms with van der Waals surface area (Å²) in [4.78, 5) is 10.5. The topological polar surface area (TPSA) is 93.1 Å². The van der Waals surface area contributed by atoms with E-state index in [4.69, 9.17) is 39.7 Å². The molecule has 1 aromatic carbocycles. The van der Waals surface area contributed by atoms with Gasteiger partial charge in [0.15, 0.2) is 10.8 Å². The quantitative estimate of drug-likeness (QED) is 0.632. The van der Waals surface area contributed by atoms with Crippen LogP contribution >= 0.6 is 35.0 Å². The number of nitrogens with one attached hydrogen (secondary N) is 1. The summed E-state index contributed by atoms with van der Waals surface area (Å²) in [6, 6.07) is 5.74. The number of halogens is 2. The van der Waals surface area contributed by atoms with Crippen LogP contribution in [0.25, 0.3) is 0 Å². The van der Waals surface area contributed by atoms with E-state index in [1.165, 1.54) is 11.8 Å². The molecule has 0 spiro atoms. The largest absolute Gasteiger partial charge is 0.382 e. The van der Waals surface area contributed by atoms with E-state index in [1.807, 2.05) is 0 Å². The monoisotopic (exact) mass is 424 g/mol. The van der Waals surface area contributed by atoms with Gasteiger partial charge in [0.05, 0.1) is 0 Å². The second-order valence-corrected chi connectivity index (χ2v) is 9.34. The second kappa shape index (κ2) is 6.88. The lowest BCUT2D eigenvalue weighted by Crippen LogP contribution is -2.39. The highest BCUT2D eigenvalue weighted by molar-refractivity contribution is 8.00. The van der Waals surface area contributed by atoms with Crippen molar-refractivity contribution in [1.82, 2.24) is 9.97 Å². The molecule has 1 aromatic heterocycles.